The zero-order valence-electron chi connectivity index (χ0n) is 10.8. The third-order valence-corrected chi connectivity index (χ3v) is 4.29. The number of hydrogen-bond acceptors (Lipinski definition) is 2. The second-order valence-electron chi connectivity index (χ2n) is 4.45. The smallest absolute Gasteiger partial charge is 0.266 e. The molecule has 1 N–H and O–H groups in total. The van der Waals surface area contributed by atoms with Crippen molar-refractivity contribution >= 4 is 31.9 Å². The molecule has 3 nitrogen and oxygen atoms in total. The summed E-state index contributed by atoms with van der Waals surface area (Å²) in [5.41, 5.74) is 2.20. The normalized spacial score (nSPS) is 10.6. The summed E-state index contributed by atoms with van der Waals surface area (Å²) < 4.78 is 1.42. The Morgan fingerprint density at radius 2 is 1.52 bits per heavy atom. The zero-order chi connectivity index (χ0) is 14.8. The minimum atomic E-state index is -0.193. The molecular formula is C16H10Br2N2O. The quantitative estimate of drug-likeness (QED) is 0.675. The maximum atomic E-state index is 12.1. The molecule has 0 saturated heterocycles. The van der Waals surface area contributed by atoms with Crippen LogP contribution in [-0.2, 0) is 0 Å². The van der Waals surface area contributed by atoms with Gasteiger partial charge in [-0.15, -0.1) is 0 Å². The van der Waals surface area contributed by atoms with Gasteiger partial charge in [-0.2, -0.15) is 0 Å². The molecule has 2 aromatic carbocycles. The van der Waals surface area contributed by atoms with Gasteiger partial charge in [-0.1, -0.05) is 58.4 Å². The molecule has 1 aromatic heterocycles. The van der Waals surface area contributed by atoms with Crippen LogP contribution in [0.3, 0.4) is 0 Å². The van der Waals surface area contributed by atoms with Gasteiger partial charge < -0.3 is 4.98 Å². The summed E-state index contributed by atoms with van der Waals surface area (Å²) in [6.07, 6.45) is 0. The predicted octanol–water partition coefficient (Wildman–Crippen LogP) is 4.63. The van der Waals surface area contributed by atoms with Crippen LogP contribution in [-0.4, -0.2) is 9.97 Å². The van der Waals surface area contributed by atoms with Gasteiger partial charge >= 0.3 is 0 Å². The lowest BCUT2D eigenvalue weighted by atomic mass is 10.1. The van der Waals surface area contributed by atoms with Crippen molar-refractivity contribution in [3.05, 3.63) is 73.9 Å². The van der Waals surface area contributed by atoms with Gasteiger partial charge in [0.1, 0.15) is 10.3 Å². The van der Waals surface area contributed by atoms with Crippen molar-refractivity contribution in [1.82, 2.24) is 9.97 Å². The van der Waals surface area contributed by atoms with E-state index < -0.39 is 0 Å². The standard InChI is InChI=1S/C16H10Br2N2O/c17-12-8-6-11(7-9-12)15-19-14(13(18)16(21)20-15)10-4-2-1-3-5-10/h1-9H,(H,19,20,21). The Hall–Kier alpha value is -1.72. The first-order chi connectivity index (χ1) is 10.1. The molecule has 0 saturated carbocycles. The Morgan fingerprint density at radius 3 is 2.19 bits per heavy atom. The molecule has 0 bridgehead atoms. The van der Waals surface area contributed by atoms with Crippen LogP contribution in [0.1, 0.15) is 0 Å². The summed E-state index contributed by atoms with van der Waals surface area (Å²) in [5.74, 6) is 0.551. The number of H-pyrrole nitrogens is 1. The second kappa shape index (κ2) is 5.95. The van der Waals surface area contributed by atoms with Crippen molar-refractivity contribution in [3.63, 3.8) is 0 Å². The molecular weight excluding hydrogens is 396 g/mol. The van der Waals surface area contributed by atoms with Crippen LogP contribution in [0.25, 0.3) is 22.6 Å². The lowest BCUT2D eigenvalue weighted by molar-refractivity contribution is 1.11. The highest BCUT2D eigenvalue weighted by Crippen LogP contribution is 2.26. The van der Waals surface area contributed by atoms with Crippen molar-refractivity contribution < 1.29 is 0 Å². The molecule has 0 spiro atoms. The van der Waals surface area contributed by atoms with E-state index in [4.69, 9.17) is 0 Å². The van der Waals surface area contributed by atoms with Gasteiger partial charge in [0, 0.05) is 15.6 Å². The molecule has 0 atom stereocenters. The lowest BCUT2D eigenvalue weighted by Crippen LogP contribution is -2.11. The van der Waals surface area contributed by atoms with Crippen LogP contribution in [0, 0.1) is 0 Å². The fourth-order valence-corrected chi connectivity index (χ4v) is 2.67. The van der Waals surface area contributed by atoms with E-state index >= 15 is 0 Å². The molecule has 0 aliphatic rings. The van der Waals surface area contributed by atoms with Gasteiger partial charge in [0.15, 0.2) is 0 Å². The van der Waals surface area contributed by atoms with Gasteiger partial charge in [-0.25, -0.2) is 4.98 Å². The monoisotopic (exact) mass is 404 g/mol. The number of aromatic nitrogens is 2. The van der Waals surface area contributed by atoms with Crippen LogP contribution >= 0.6 is 31.9 Å². The predicted molar refractivity (Wildman–Crippen MR) is 91.1 cm³/mol. The van der Waals surface area contributed by atoms with E-state index in [1.165, 1.54) is 0 Å². The highest BCUT2D eigenvalue weighted by atomic mass is 79.9. The second-order valence-corrected chi connectivity index (χ2v) is 6.16. The van der Waals surface area contributed by atoms with E-state index in [9.17, 15) is 4.79 Å². The first kappa shape index (κ1) is 14.2. The molecule has 3 aromatic rings. The Labute approximate surface area is 138 Å². The molecule has 104 valence electrons. The molecule has 0 unspecified atom stereocenters. The number of nitrogens with one attached hydrogen (secondary N) is 1. The SMILES string of the molecule is O=c1[nH]c(-c2ccc(Br)cc2)nc(-c2ccccc2)c1Br. The van der Waals surface area contributed by atoms with E-state index in [1.54, 1.807) is 0 Å². The largest absolute Gasteiger partial charge is 0.306 e. The Kier molecular flexibility index (Phi) is 4.03. The fraction of sp³-hybridized carbons (Fsp3) is 0. The third kappa shape index (κ3) is 2.99. The number of benzene rings is 2. The van der Waals surface area contributed by atoms with E-state index in [-0.39, 0.29) is 5.56 Å². The molecule has 3 rings (SSSR count). The molecule has 0 radical (unpaired) electrons. The number of nitrogens with zero attached hydrogens (tertiary/aromatic N) is 1. The summed E-state index contributed by atoms with van der Waals surface area (Å²) >= 11 is 6.72. The van der Waals surface area contributed by atoms with E-state index in [0.717, 1.165) is 15.6 Å². The van der Waals surface area contributed by atoms with Crippen LogP contribution in [0.2, 0.25) is 0 Å². The molecule has 0 amide bonds. The Balaban J connectivity index is 2.19. The number of aromatic amines is 1. The topological polar surface area (TPSA) is 45.8 Å². The minimum Gasteiger partial charge on any atom is -0.306 e. The summed E-state index contributed by atoms with van der Waals surface area (Å²) in [6.45, 7) is 0. The van der Waals surface area contributed by atoms with E-state index in [1.807, 2.05) is 54.6 Å². The van der Waals surface area contributed by atoms with Crippen molar-refractivity contribution in [2.45, 2.75) is 0 Å². The number of halogens is 2. The van der Waals surface area contributed by atoms with E-state index in [2.05, 4.69) is 41.8 Å². The maximum absolute atomic E-state index is 12.1. The minimum absolute atomic E-state index is 0.193. The first-order valence-corrected chi connectivity index (χ1v) is 7.85. The highest BCUT2D eigenvalue weighted by molar-refractivity contribution is 9.10. The number of rotatable bonds is 2. The highest BCUT2D eigenvalue weighted by Gasteiger charge is 2.11. The fourth-order valence-electron chi connectivity index (χ4n) is 1.99. The average molecular weight is 406 g/mol. The molecule has 1 heterocycles. The number of hydrogen-bond donors (Lipinski definition) is 1. The van der Waals surface area contributed by atoms with Crippen LogP contribution < -0.4 is 5.56 Å². The van der Waals surface area contributed by atoms with Crippen molar-refractivity contribution in [3.8, 4) is 22.6 Å². The van der Waals surface area contributed by atoms with Gasteiger partial charge in [-0.05, 0) is 28.1 Å². The lowest BCUT2D eigenvalue weighted by Gasteiger charge is -2.07. The third-order valence-electron chi connectivity index (χ3n) is 3.03. The molecule has 5 heteroatoms. The summed E-state index contributed by atoms with van der Waals surface area (Å²) in [5, 5.41) is 0. The van der Waals surface area contributed by atoms with Gasteiger partial charge in [0.2, 0.25) is 0 Å². The zero-order valence-corrected chi connectivity index (χ0v) is 14.0. The van der Waals surface area contributed by atoms with Gasteiger partial charge in [0.05, 0.1) is 5.69 Å². The van der Waals surface area contributed by atoms with Crippen LogP contribution in [0.5, 0.6) is 0 Å². The summed E-state index contributed by atoms with van der Waals surface area (Å²) in [4.78, 5) is 19.5. The van der Waals surface area contributed by atoms with Gasteiger partial charge in [-0.3, -0.25) is 4.79 Å². The Morgan fingerprint density at radius 1 is 0.857 bits per heavy atom. The van der Waals surface area contributed by atoms with Crippen LogP contribution in [0.4, 0.5) is 0 Å². The molecule has 0 aliphatic carbocycles. The molecule has 0 aliphatic heterocycles. The Bertz CT molecular complexity index is 827. The van der Waals surface area contributed by atoms with Crippen molar-refractivity contribution in [2.75, 3.05) is 0 Å². The molecule has 21 heavy (non-hydrogen) atoms. The molecule has 0 fully saturated rings. The average Bonchev–Trinajstić information content (AvgIpc) is 2.51. The van der Waals surface area contributed by atoms with Crippen molar-refractivity contribution in [1.29, 1.82) is 0 Å². The van der Waals surface area contributed by atoms with Crippen LogP contribution in [0.15, 0.2) is 68.3 Å². The van der Waals surface area contributed by atoms with Gasteiger partial charge in [0.25, 0.3) is 5.56 Å². The summed E-state index contributed by atoms with van der Waals surface area (Å²) in [7, 11) is 0. The van der Waals surface area contributed by atoms with E-state index in [0.29, 0.717) is 16.0 Å². The summed E-state index contributed by atoms with van der Waals surface area (Å²) in [6, 6.07) is 17.3. The maximum Gasteiger partial charge on any atom is 0.266 e. The van der Waals surface area contributed by atoms with Crippen molar-refractivity contribution in [2.24, 2.45) is 0 Å². The first-order valence-electron chi connectivity index (χ1n) is 6.26.